The van der Waals surface area contributed by atoms with E-state index in [4.69, 9.17) is 0 Å². The Bertz CT molecular complexity index is 849. The lowest BCUT2D eigenvalue weighted by molar-refractivity contribution is 0.0677. The number of unbranched alkanes of at least 4 members (excludes halogenated alkanes) is 1. The van der Waals surface area contributed by atoms with E-state index in [1.54, 1.807) is 18.2 Å². The average molecular weight is 316 g/mol. The molecule has 0 amide bonds. The molecule has 0 bridgehead atoms. The number of rotatable bonds is 6. The highest BCUT2D eigenvalue weighted by Gasteiger charge is 2.26. The summed E-state index contributed by atoms with van der Waals surface area (Å²) >= 11 is 0. The highest BCUT2D eigenvalue weighted by Crippen LogP contribution is 2.11. The Morgan fingerprint density at radius 1 is 1.17 bits per heavy atom. The summed E-state index contributed by atoms with van der Waals surface area (Å²) in [7, 11) is 0. The molecule has 23 heavy (non-hydrogen) atoms. The summed E-state index contributed by atoms with van der Waals surface area (Å²) in [5.74, 6) is -2.21. The van der Waals surface area contributed by atoms with Gasteiger partial charge < -0.3 is 5.11 Å². The summed E-state index contributed by atoms with van der Waals surface area (Å²) in [6.07, 6.45) is 1.28. The van der Waals surface area contributed by atoms with Crippen LogP contribution in [0.5, 0.6) is 0 Å². The molecule has 0 aliphatic heterocycles. The number of benzene rings is 1. The summed E-state index contributed by atoms with van der Waals surface area (Å²) in [6.45, 7) is 2.00. The first-order valence-corrected chi connectivity index (χ1v) is 7.17. The van der Waals surface area contributed by atoms with Crippen molar-refractivity contribution in [3.8, 4) is 0 Å². The summed E-state index contributed by atoms with van der Waals surface area (Å²) in [4.78, 5) is 50.1. The average Bonchev–Trinajstić information content (AvgIpc) is 2.53. The third kappa shape index (κ3) is 3.28. The van der Waals surface area contributed by atoms with Gasteiger partial charge in [0.1, 0.15) is 11.3 Å². The Balaban J connectivity index is 2.72. The van der Waals surface area contributed by atoms with Crippen molar-refractivity contribution >= 4 is 11.8 Å². The van der Waals surface area contributed by atoms with Crippen molar-refractivity contribution in [2.45, 2.75) is 26.3 Å². The van der Waals surface area contributed by atoms with E-state index in [9.17, 15) is 24.3 Å². The minimum Gasteiger partial charge on any atom is -0.477 e. The summed E-state index contributed by atoms with van der Waals surface area (Å²) in [5, 5.41) is 9.43. The van der Waals surface area contributed by atoms with Crippen LogP contribution >= 0.6 is 0 Å². The van der Waals surface area contributed by atoms with Gasteiger partial charge in [-0.1, -0.05) is 43.7 Å². The van der Waals surface area contributed by atoms with Crippen molar-refractivity contribution < 1.29 is 14.7 Å². The molecule has 1 aromatic carbocycles. The number of carboxylic acid groups (broad SMARTS) is 1. The number of ketones is 1. The van der Waals surface area contributed by atoms with Gasteiger partial charge in [-0.2, -0.15) is 0 Å². The van der Waals surface area contributed by atoms with Crippen molar-refractivity contribution in [3.05, 3.63) is 68.0 Å². The maximum Gasteiger partial charge on any atom is 0.353 e. The first kappa shape index (κ1) is 16.4. The van der Waals surface area contributed by atoms with Gasteiger partial charge in [-0.05, 0) is 6.42 Å². The fourth-order valence-corrected chi connectivity index (χ4v) is 2.27. The summed E-state index contributed by atoms with van der Waals surface area (Å²) in [5.41, 5.74) is -2.74. The van der Waals surface area contributed by atoms with Crippen LogP contribution in [0.3, 0.4) is 0 Å². The summed E-state index contributed by atoms with van der Waals surface area (Å²) < 4.78 is 0.934. The Kier molecular flexibility index (Phi) is 4.90. The fraction of sp³-hybridized carbons (Fsp3) is 0.250. The standard InChI is InChI=1S/C16H16N2O5/c1-2-3-9-18-12(15(21)22)11(14(20)17-16(18)23)13(19)10-7-5-4-6-8-10/h4-8H,2-3,9H2,1H3,(H,21,22)(H,17,20,23). The number of hydrogen-bond acceptors (Lipinski definition) is 4. The third-order valence-corrected chi connectivity index (χ3v) is 3.40. The van der Waals surface area contributed by atoms with Gasteiger partial charge in [0.05, 0.1) is 0 Å². The molecular weight excluding hydrogens is 300 g/mol. The largest absolute Gasteiger partial charge is 0.477 e. The van der Waals surface area contributed by atoms with E-state index in [2.05, 4.69) is 0 Å². The van der Waals surface area contributed by atoms with Crippen LogP contribution in [0.2, 0.25) is 0 Å². The Labute approximate surface area is 131 Å². The van der Waals surface area contributed by atoms with Crippen molar-refractivity contribution in [2.75, 3.05) is 0 Å². The predicted molar refractivity (Wildman–Crippen MR) is 83.1 cm³/mol. The number of nitrogens with one attached hydrogen (secondary N) is 1. The van der Waals surface area contributed by atoms with E-state index in [1.807, 2.05) is 11.9 Å². The lowest BCUT2D eigenvalue weighted by Crippen LogP contribution is -2.39. The number of hydrogen-bond donors (Lipinski definition) is 2. The van der Waals surface area contributed by atoms with Gasteiger partial charge >= 0.3 is 11.7 Å². The van der Waals surface area contributed by atoms with Crippen LogP contribution in [-0.4, -0.2) is 26.4 Å². The highest BCUT2D eigenvalue weighted by molar-refractivity contribution is 6.13. The zero-order valence-corrected chi connectivity index (χ0v) is 12.5. The fourth-order valence-electron chi connectivity index (χ4n) is 2.27. The molecule has 2 N–H and O–H groups in total. The van der Waals surface area contributed by atoms with Gasteiger partial charge in [-0.3, -0.25) is 19.1 Å². The second-order valence-electron chi connectivity index (χ2n) is 4.99. The molecule has 0 fully saturated rings. The Morgan fingerprint density at radius 3 is 2.39 bits per heavy atom. The lowest BCUT2D eigenvalue weighted by atomic mass is 10.0. The number of aromatic amines is 1. The zero-order chi connectivity index (χ0) is 17.0. The molecule has 0 radical (unpaired) electrons. The van der Waals surface area contributed by atoms with Crippen LogP contribution < -0.4 is 11.2 Å². The third-order valence-electron chi connectivity index (χ3n) is 3.40. The second kappa shape index (κ2) is 6.87. The van der Waals surface area contributed by atoms with E-state index in [0.29, 0.717) is 6.42 Å². The minimum atomic E-state index is -1.48. The topological polar surface area (TPSA) is 109 Å². The zero-order valence-electron chi connectivity index (χ0n) is 12.5. The second-order valence-corrected chi connectivity index (χ2v) is 4.99. The Hall–Kier alpha value is -2.96. The van der Waals surface area contributed by atoms with Gasteiger partial charge in [-0.25, -0.2) is 9.59 Å². The van der Waals surface area contributed by atoms with Gasteiger partial charge in [-0.15, -0.1) is 0 Å². The van der Waals surface area contributed by atoms with Crippen LogP contribution in [0, 0.1) is 0 Å². The van der Waals surface area contributed by atoms with Crippen LogP contribution in [0.15, 0.2) is 39.9 Å². The molecule has 7 nitrogen and oxygen atoms in total. The van der Waals surface area contributed by atoms with Crippen molar-refractivity contribution in [3.63, 3.8) is 0 Å². The molecule has 0 saturated carbocycles. The predicted octanol–water partition coefficient (Wildman–Crippen LogP) is 1.27. The molecule has 2 aromatic rings. The van der Waals surface area contributed by atoms with Gasteiger partial charge in [0, 0.05) is 12.1 Å². The molecule has 0 atom stereocenters. The molecule has 0 spiro atoms. The minimum absolute atomic E-state index is 0.114. The summed E-state index contributed by atoms with van der Waals surface area (Å²) in [6, 6.07) is 7.87. The van der Waals surface area contributed by atoms with Crippen LogP contribution in [-0.2, 0) is 6.54 Å². The SMILES string of the molecule is CCCCn1c(C(=O)O)c(C(=O)c2ccccc2)c(=O)[nH]c1=O. The molecule has 1 aromatic heterocycles. The van der Waals surface area contributed by atoms with E-state index in [-0.39, 0.29) is 12.1 Å². The van der Waals surface area contributed by atoms with Crippen LogP contribution in [0.1, 0.15) is 46.2 Å². The van der Waals surface area contributed by atoms with Crippen molar-refractivity contribution in [2.24, 2.45) is 0 Å². The molecule has 0 aliphatic carbocycles. The molecule has 0 saturated heterocycles. The number of H-pyrrole nitrogens is 1. The van der Waals surface area contributed by atoms with E-state index >= 15 is 0 Å². The van der Waals surface area contributed by atoms with Gasteiger partial charge in [0.2, 0.25) is 5.78 Å². The molecule has 120 valence electrons. The van der Waals surface area contributed by atoms with Crippen LogP contribution in [0.25, 0.3) is 0 Å². The number of nitrogens with zero attached hydrogens (tertiary/aromatic N) is 1. The number of carbonyl (C=O) groups is 2. The smallest absolute Gasteiger partial charge is 0.353 e. The molecule has 1 heterocycles. The molecule has 0 aliphatic rings. The number of carboxylic acids is 1. The molecule has 2 rings (SSSR count). The van der Waals surface area contributed by atoms with Crippen molar-refractivity contribution in [1.82, 2.24) is 9.55 Å². The first-order chi connectivity index (χ1) is 11.0. The number of aromatic nitrogens is 2. The van der Waals surface area contributed by atoms with E-state index < -0.39 is 34.3 Å². The van der Waals surface area contributed by atoms with E-state index in [0.717, 1.165) is 11.0 Å². The maximum atomic E-state index is 12.5. The lowest BCUT2D eigenvalue weighted by Gasteiger charge is -2.12. The first-order valence-electron chi connectivity index (χ1n) is 7.17. The highest BCUT2D eigenvalue weighted by atomic mass is 16.4. The quantitative estimate of drug-likeness (QED) is 0.780. The maximum absolute atomic E-state index is 12.5. The van der Waals surface area contributed by atoms with Crippen LogP contribution in [0.4, 0.5) is 0 Å². The molecular formula is C16H16N2O5. The monoisotopic (exact) mass is 316 g/mol. The van der Waals surface area contributed by atoms with Crippen molar-refractivity contribution in [1.29, 1.82) is 0 Å². The Morgan fingerprint density at radius 2 is 1.83 bits per heavy atom. The normalized spacial score (nSPS) is 10.5. The number of aromatic carboxylic acids is 1. The molecule has 0 unspecified atom stereocenters. The van der Waals surface area contributed by atoms with Gasteiger partial charge in [0.15, 0.2) is 0 Å². The number of carbonyl (C=O) groups excluding carboxylic acids is 1. The van der Waals surface area contributed by atoms with Gasteiger partial charge in [0.25, 0.3) is 5.56 Å². The molecule has 7 heteroatoms. The van der Waals surface area contributed by atoms with E-state index in [1.165, 1.54) is 12.1 Å².